The highest BCUT2D eigenvalue weighted by atomic mass is 35.5. The van der Waals surface area contributed by atoms with Crippen molar-refractivity contribution in [2.45, 2.75) is 17.1 Å². The number of rotatable bonds is 5. The summed E-state index contributed by atoms with van der Waals surface area (Å²) in [7, 11) is -3.54. The van der Waals surface area contributed by atoms with Gasteiger partial charge < -0.3 is 9.32 Å². The first-order valence-corrected chi connectivity index (χ1v) is 11.6. The summed E-state index contributed by atoms with van der Waals surface area (Å²) in [5.74, 6) is 0.406. The quantitative estimate of drug-likeness (QED) is 0.653. The topological polar surface area (TPSA) is 79.6 Å². The first-order valence-electron chi connectivity index (χ1n) is 8.95. The van der Waals surface area contributed by atoms with Gasteiger partial charge in [-0.25, -0.2) is 13.1 Å². The largest absolute Gasteiger partial charge is 0.451 e. The Morgan fingerprint density at radius 3 is 2.64 bits per heavy atom. The first-order chi connectivity index (χ1) is 13.4. The summed E-state index contributed by atoms with van der Waals surface area (Å²) in [6.07, 6.45) is 1.47. The van der Waals surface area contributed by atoms with E-state index < -0.39 is 10.0 Å². The average Bonchev–Trinajstić information content (AvgIpc) is 3.33. The van der Waals surface area contributed by atoms with E-state index in [1.807, 2.05) is 24.3 Å². The number of piperidine rings is 1. The number of sulfonamides is 1. The molecule has 1 aliphatic heterocycles. The Morgan fingerprint density at radius 2 is 1.96 bits per heavy atom. The van der Waals surface area contributed by atoms with Gasteiger partial charge in [-0.15, -0.1) is 11.3 Å². The van der Waals surface area contributed by atoms with Gasteiger partial charge in [0.1, 0.15) is 9.79 Å². The lowest BCUT2D eigenvalue weighted by molar-refractivity contribution is 0.0662. The molecule has 0 aliphatic carbocycles. The molecule has 1 amide bonds. The number of benzene rings is 1. The highest BCUT2D eigenvalue weighted by Crippen LogP contribution is 2.26. The molecule has 6 nitrogen and oxygen atoms in total. The minimum atomic E-state index is -3.54. The van der Waals surface area contributed by atoms with Crippen molar-refractivity contribution in [1.29, 1.82) is 0 Å². The Morgan fingerprint density at radius 1 is 1.21 bits per heavy atom. The van der Waals surface area contributed by atoms with Gasteiger partial charge >= 0.3 is 0 Å². The van der Waals surface area contributed by atoms with Gasteiger partial charge in [0.05, 0.1) is 4.34 Å². The fourth-order valence-corrected chi connectivity index (χ4v) is 5.97. The molecule has 1 N–H and O–H groups in total. The van der Waals surface area contributed by atoms with Crippen LogP contribution in [0.2, 0.25) is 4.34 Å². The molecule has 1 saturated heterocycles. The van der Waals surface area contributed by atoms with Gasteiger partial charge in [0.15, 0.2) is 5.76 Å². The molecule has 9 heteroatoms. The van der Waals surface area contributed by atoms with Crippen molar-refractivity contribution in [2.75, 3.05) is 19.6 Å². The molecular weight excluding hydrogens is 420 g/mol. The third kappa shape index (κ3) is 4.10. The summed E-state index contributed by atoms with van der Waals surface area (Å²) in [5, 5.41) is 0.906. The number of nitrogens with one attached hydrogen (secondary N) is 1. The standard InChI is InChI=1S/C19H19ClN2O4S2/c20-17-5-6-18(27-17)28(24,25)21-12-13-7-9-22(10-8-13)19(23)16-11-14-3-1-2-4-15(14)26-16/h1-6,11,13,21H,7-10,12H2. The number of hydrogen-bond acceptors (Lipinski definition) is 5. The number of thiophene rings is 1. The minimum Gasteiger partial charge on any atom is -0.451 e. The normalized spacial score (nSPS) is 16.0. The third-order valence-corrected chi connectivity index (χ3v) is 8.06. The summed E-state index contributed by atoms with van der Waals surface area (Å²) in [4.78, 5) is 14.5. The molecule has 4 rings (SSSR count). The number of hydrogen-bond donors (Lipinski definition) is 1. The van der Waals surface area contributed by atoms with Crippen LogP contribution in [0.5, 0.6) is 0 Å². The van der Waals surface area contributed by atoms with Crippen molar-refractivity contribution in [1.82, 2.24) is 9.62 Å². The van der Waals surface area contributed by atoms with E-state index >= 15 is 0 Å². The van der Waals surface area contributed by atoms with Gasteiger partial charge in [0, 0.05) is 25.0 Å². The molecule has 0 bridgehead atoms. The van der Waals surface area contributed by atoms with Crippen LogP contribution in [-0.2, 0) is 10.0 Å². The van der Waals surface area contributed by atoms with Crippen LogP contribution in [0.1, 0.15) is 23.4 Å². The van der Waals surface area contributed by atoms with Crippen molar-refractivity contribution >= 4 is 49.8 Å². The molecule has 3 heterocycles. The van der Waals surface area contributed by atoms with Crippen LogP contribution >= 0.6 is 22.9 Å². The SMILES string of the molecule is O=C(c1cc2ccccc2o1)N1CCC(CNS(=O)(=O)c2ccc(Cl)s2)CC1. The maximum absolute atomic E-state index is 12.7. The van der Waals surface area contributed by atoms with Gasteiger partial charge in [-0.1, -0.05) is 29.8 Å². The van der Waals surface area contributed by atoms with Crippen LogP contribution in [0.15, 0.2) is 51.1 Å². The molecule has 2 aromatic heterocycles. The Hall–Kier alpha value is -1.87. The van der Waals surface area contributed by atoms with Crippen molar-refractivity contribution in [2.24, 2.45) is 5.92 Å². The van der Waals surface area contributed by atoms with Crippen LogP contribution in [0.3, 0.4) is 0 Å². The van der Waals surface area contributed by atoms with E-state index in [1.165, 1.54) is 6.07 Å². The number of carbonyl (C=O) groups is 1. The summed E-state index contributed by atoms with van der Waals surface area (Å²) < 4.78 is 33.6. The molecule has 28 heavy (non-hydrogen) atoms. The smallest absolute Gasteiger partial charge is 0.289 e. The Labute approximate surface area is 172 Å². The van der Waals surface area contributed by atoms with E-state index in [2.05, 4.69) is 4.72 Å². The number of fused-ring (bicyclic) bond motifs is 1. The fraction of sp³-hybridized carbons (Fsp3) is 0.316. The predicted molar refractivity (Wildman–Crippen MR) is 109 cm³/mol. The van der Waals surface area contributed by atoms with Gasteiger partial charge in [0.2, 0.25) is 10.0 Å². The van der Waals surface area contributed by atoms with E-state index in [0.29, 0.717) is 35.3 Å². The van der Waals surface area contributed by atoms with Crippen molar-refractivity contribution < 1.29 is 17.6 Å². The lowest BCUT2D eigenvalue weighted by Crippen LogP contribution is -2.41. The van der Waals surface area contributed by atoms with Crippen molar-refractivity contribution in [3.63, 3.8) is 0 Å². The van der Waals surface area contributed by atoms with Gasteiger partial charge in [0.25, 0.3) is 5.91 Å². The van der Waals surface area contributed by atoms with Crippen LogP contribution < -0.4 is 4.72 Å². The van der Waals surface area contributed by atoms with Crippen LogP contribution in [-0.4, -0.2) is 38.9 Å². The monoisotopic (exact) mass is 438 g/mol. The summed E-state index contributed by atoms with van der Waals surface area (Å²) in [6, 6.07) is 12.4. The zero-order chi connectivity index (χ0) is 19.7. The second-order valence-electron chi connectivity index (χ2n) is 6.79. The van der Waals surface area contributed by atoms with E-state index in [4.69, 9.17) is 16.0 Å². The highest BCUT2D eigenvalue weighted by Gasteiger charge is 2.27. The number of para-hydroxylation sites is 1. The lowest BCUT2D eigenvalue weighted by atomic mass is 9.97. The summed E-state index contributed by atoms with van der Waals surface area (Å²) >= 11 is 6.86. The molecule has 1 aliphatic rings. The fourth-order valence-electron chi connectivity index (χ4n) is 3.32. The Bertz CT molecular complexity index is 1070. The maximum atomic E-state index is 12.7. The van der Waals surface area contributed by atoms with E-state index in [9.17, 15) is 13.2 Å². The predicted octanol–water partition coefficient (Wildman–Crippen LogP) is 3.98. The number of halogens is 1. The summed E-state index contributed by atoms with van der Waals surface area (Å²) in [6.45, 7) is 1.50. The molecule has 1 fully saturated rings. The van der Waals surface area contributed by atoms with Crippen LogP contribution in [0, 0.1) is 5.92 Å². The van der Waals surface area contributed by atoms with E-state index in [-0.39, 0.29) is 16.0 Å². The molecule has 148 valence electrons. The van der Waals surface area contributed by atoms with Crippen molar-refractivity contribution in [3.05, 3.63) is 52.6 Å². The molecular formula is C19H19ClN2O4S2. The maximum Gasteiger partial charge on any atom is 0.289 e. The van der Waals surface area contributed by atoms with Gasteiger partial charge in [-0.3, -0.25) is 4.79 Å². The van der Waals surface area contributed by atoms with Gasteiger partial charge in [-0.2, -0.15) is 0 Å². The second kappa shape index (κ2) is 7.87. The number of likely N-dealkylation sites (tertiary alicyclic amines) is 1. The van der Waals surface area contributed by atoms with Crippen LogP contribution in [0.25, 0.3) is 11.0 Å². The van der Waals surface area contributed by atoms with E-state index in [1.54, 1.807) is 17.0 Å². The Balaban J connectivity index is 1.32. The summed E-state index contributed by atoms with van der Waals surface area (Å²) in [5.41, 5.74) is 0.698. The van der Waals surface area contributed by atoms with E-state index in [0.717, 1.165) is 29.6 Å². The molecule has 0 atom stereocenters. The van der Waals surface area contributed by atoms with Gasteiger partial charge in [-0.05, 0) is 43.0 Å². The lowest BCUT2D eigenvalue weighted by Gasteiger charge is -2.31. The molecule has 3 aromatic rings. The third-order valence-electron chi connectivity index (χ3n) is 4.91. The number of amides is 1. The van der Waals surface area contributed by atoms with Crippen molar-refractivity contribution in [3.8, 4) is 0 Å². The minimum absolute atomic E-state index is 0.122. The molecule has 0 saturated carbocycles. The van der Waals surface area contributed by atoms with Crippen LogP contribution in [0.4, 0.5) is 0 Å². The second-order valence-corrected chi connectivity index (χ2v) is 10.5. The number of furan rings is 1. The zero-order valence-electron chi connectivity index (χ0n) is 14.9. The molecule has 0 radical (unpaired) electrons. The molecule has 0 unspecified atom stereocenters. The zero-order valence-corrected chi connectivity index (χ0v) is 17.3. The highest BCUT2D eigenvalue weighted by molar-refractivity contribution is 7.91. The first kappa shape index (κ1) is 19.4. The molecule has 0 spiro atoms. The molecule has 1 aromatic carbocycles. The Kier molecular flexibility index (Phi) is 5.46. The number of carbonyl (C=O) groups excluding carboxylic acids is 1. The average molecular weight is 439 g/mol. The number of nitrogens with zero attached hydrogens (tertiary/aromatic N) is 1.